The van der Waals surface area contributed by atoms with Crippen LogP contribution in [0.3, 0.4) is 0 Å². The lowest BCUT2D eigenvalue weighted by atomic mass is 9.86. The molecule has 9 heteroatoms. The van der Waals surface area contributed by atoms with E-state index in [1.165, 1.54) is 0 Å². The van der Waals surface area contributed by atoms with Gasteiger partial charge in [-0.2, -0.15) is 0 Å². The number of aromatic nitrogens is 3. The van der Waals surface area contributed by atoms with Crippen LogP contribution in [0, 0.1) is 0 Å². The quantitative estimate of drug-likeness (QED) is 0.559. The van der Waals surface area contributed by atoms with Gasteiger partial charge in [-0.05, 0) is 83.1 Å². The zero-order valence-electron chi connectivity index (χ0n) is 20.8. The van der Waals surface area contributed by atoms with E-state index in [0.717, 1.165) is 74.6 Å². The minimum atomic E-state index is -0.579. The summed E-state index contributed by atoms with van der Waals surface area (Å²) >= 11 is 6.35. The molecule has 2 fully saturated rings. The molecule has 2 aliphatic heterocycles. The molecule has 3 aliphatic rings. The van der Waals surface area contributed by atoms with Gasteiger partial charge >= 0.3 is 6.09 Å². The van der Waals surface area contributed by atoms with Crippen molar-refractivity contribution in [3.8, 4) is 5.69 Å². The third-order valence-corrected chi connectivity index (χ3v) is 7.21. The number of hydrogen-bond acceptors (Lipinski definition) is 6. The van der Waals surface area contributed by atoms with Crippen LogP contribution in [-0.2, 0) is 27.3 Å². The lowest BCUT2D eigenvalue weighted by molar-refractivity contribution is -0.0796. The van der Waals surface area contributed by atoms with Crippen molar-refractivity contribution in [3.63, 3.8) is 0 Å². The Hall–Kier alpha value is -2.16. The fraction of sp³-hybridized carbons (Fsp3) is 0.654. The number of rotatable bonds is 3. The lowest BCUT2D eigenvalue weighted by Gasteiger charge is -2.32. The summed E-state index contributed by atoms with van der Waals surface area (Å²) in [5.41, 5.74) is 1.36. The number of hydrogen-bond donors (Lipinski definition) is 0. The first-order valence-corrected chi connectivity index (χ1v) is 13.1. The van der Waals surface area contributed by atoms with E-state index in [-0.39, 0.29) is 6.09 Å². The van der Waals surface area contributed by atoms with E-state index in [0.29, 0.717) is 36.2 Å². The number of benzene rings is 1. The second-order valence-corrected chi connectivity index (χ2v) is 11.3. The van der Waals surface area contributed by atoms with Gasteiger partial charge in [-0.1, -0.05) is 11.6 Å². The van der Waals surface area contributed by atoms with Gasteiger partial charge < -0.3 is 14.2 Å². The normalized spacial score (nSPS) is 23.4. The standard InChI is InChI=1S/C26H35ClN4O4/c1-26(2,3)35-25(32)30-15-18-14-19(27)6-9-22(18)31-23(16-30)28-29-24(31)17-4-7-20(8-5-17)34-21-10-12-33-13-11-21/h6,9,14,17,20-21H,4-5,7-8,10-13,15-16H2,1-3H3/t17-,20+. The van der Waals surface area contributed by atoms with Crippen molar-refractivity contribution in [1.29, 1.82) is 0 Å². The molecule has 0 spiro atoms. The topological polar surface area (TPSA) is 78.7 Å². The molecule has 190 valence electrons. The maximum Gasteiger partial charge on any atom is 0.411 e. The summed E-state index contributed by atoms with van der Waals surface area (Å²) in [6.45, 7) is 7.95. The molecule has 1 aromatic carbocycles. The number of fused-ring (bicyclic) bond motifs is 3. The number of halogens is 1. The van der Waals surface area contributed by atoms with Gasteiger partial charge in [0.05, 0.1) is 31.0 Å². The molecular formula is C26H35ClN4O4. The molecule has 0 unspecified atom stereocenters. The van der Waals surface area contributed by atoms with Crippen LogP contribution in [0.1, 0.15) is 82.4 Å². The lowest BCUT2D eigenvalue weighted by Crippen LogP contribution is -2.35. The number of nitrogens with zero attached hydrogens (tertiary/aromatic N) is 4. The summed E-state index contributed by atoms with van der Waals surface area (Å²) in [5.74, 6) is 1.99. The highest BCUT2D eigenvalue weighted by molar-refractivity contribution is 6.30. The van der Waals surface area contributed by atoms with E-state index < -0.39 is 5.60 Å². The molecule has 5 rings (SSSR count). The van der Waals surface area contributed by atoms with Crippen molar-refractivity contribution in [2.45, 2.75) is 96.1 Å². The first-order valence-electron chi connectivity index (χ1n) is 12.7. The number of ether oxygens (including phenoxy) is 3. The molecule has 1 aromatic heterocycles. The van der Waals surface area contributed by atoms with E-state index >= 15 is 0 Å². The first-order chi connectivity index (χ1) is 16.8. The highest BCUT2D eigenvalue weighted by Crippen LogP contribution is 2.37. The molecule has 0 N–H and O–H groups in total. The van der Waals surface area contributed by atoms with Gasteiger partial charge in [-0.15, -0.1) is 10.2 Å². The van der Waals surface area contributed by atoms with Crippen LogP contribution in [0.15, 0.2) is 18.2 Å². The Bertz CT molecular complexity index is 1050. The summed E-state index contributed by atoms with van der Waals surface area (Å²) < 4.78 is 19.7. The van der Waals surface area contributed by atoms with Gasteiger partial charge in [-0.25, -0.2) is 4.79 Å². The van der Waals surface area contributed by atoms with E-state index in [1.54, 1.807) is 4.90 Å². The Morgan fingerprint density at radius 3 is 2.46 bits per heavy atom. The average molecular weight is 503 g/mol. The third kappa shape index (κ3) is 5.65. The van der Waals surface area contributed by atoms with Gasteiger partial charge in [0.1, 0.15) is 11.4 Å². The highest BCUT2D eigenvalue weighted by atomic mass is 35.5. The fourth-order valence-corrected chi connectivity index (χ4v) is 5.48. The minimum Gasteiger partial charge on any atom is -0.444 e. The molecule has 1 amide bonds. The van der Waals surface area contributed by atoms with Crippen LogP contribution < -0.4 is 0 Å². The maximum absolute atomic E-state index is 13.0. The van der Waals surface area contributed by atoms with Crippen LogP contribution in [0.5, 0.6) is 0 Å². The molecule has 8 nitrogen and oxygen atoms in total. The van der Waals surface area contributed by atoms with Gasteiger partial charge in [0, 0.05) is 24.2 Å². The summed E-state index contributed by atoms with van der Waals surface area (Å²) in [6, 6.07) is 5.81. The van der Waals surface area contributed by atoms with Crippen molar-refractivity contribution < 1.29 is 19.0 Å². The van der Waals surface area contributed by atoms with Gasteiger partial charge in [0.2, 0.25) is 0 Å². The fourth-order valence-electron chi connectivity index (χ4n) is 5.29. The summed E-state index contributed by atoms with van der Waals surface area (Å²) in [6.07, 6.45) is 6.28. The maximum atomic E-state index is 13.0. The number of carbonyl (C=O) groups excluding carboxylic acids is 1. The largest absolute Gasteiger partial charge is 0.444 e. The molecule has 1 saturated heterocycles. The van der Waals surface area contributed by atoms with Crippen molar-refractivity contribution in [2.24, 2.45) is 0 Å². The molecule has 1 saturated carbocycles. The Morgan fingerprint density at radius 2 is 1.74 bits per heavy atom. The Balaban J connectivity index is 1.37. The molecule has 35 heavy (non-hydrogen) atoms. The predicted octanol–water partition coefficient (Wildman–Crippen LogP) is 5.39. The van der Waals surface area contributed by atoms with Gasteiger partial charge in [-0.3, -0.25) is 9.47 Å². The van der Waals surface area contributed by atoms with Crippen molar-refractivity contribution >= 4 is 17.7 Å². The van der Waals surface area contributed by atoms with E-state index in [9.17, 15) is 4.79 Å². The van der Waals surface area contributed by atoms with Crippen LogP contribution in [0.25, 0.3) is 5.69 Å². The smallest absolute Gasteiger partial charge is 0.411 e. The Kier molecular flexibility index (Phi) is 7.06. The molecular weight excluding hydrogens is 468 g/mol. The second kappa shape index (κ2) is 10.1. The van der Waals surface area contributed by atoms with Crippen LogP contribution in [0.2, 0.25) is 5.02 Å². The monoisotopic (exact) mass is 502 g/mol. The highest BCUT2D eigenvalue weighted by Gasteiger charge is 2.33. The summed E-state index contributed by atoms with van der Waals surface area (Å²) in [5, 5.41) is 9.81. The first kappa shape index (κ1) is 24.5. The zero-order chi connectivity index (χ0) is 24.6. The Morgan fingerprint density at radius 1 is 1.03 bits per heavy atom. The Labute approximate surface area is 211 Å². The predicted molar refractivity (Wildman–Crippen MR) is 132 cm³/mol. The van der Waals surface area contributed by atoms with E-state index in [1.807, 2.05) is 39.0 Å². The van der Waals surface area contributed by atoms with Crippen LogP contribution in [-0.4, -0.2) is 56.8 Å². The van der Waals surface area contributed by atoms with E-state index in [4.69, 9.17) is 25.8 Å². The number of amides is 1. The van der Waals surface area contributed by atoms with Crippen LogP contribution >= 0.6 is 11.6 Å². The SMILES string of the molecule is CC(C)(C)OC(=O)N1Cc2cc(Cl)ccc2-n2c(nnc2[C@H]2CC[C@@H](OC3CCOCC3)CC2)C1. The van der Waals surface area contributed by atoms with Crippen molar-refractivity contribution in [1.82, 2.24) is 19.7 Å². The summed E-state index contributed by atoms with van der Waals surface area (Å²) in [7, 11) is 0. The molecule has 0 bridgehead atoms. The molecule has 0 atom stereocenters. The third-order valence-electron chi connectivity index (χ3n) is 6.98. The minimum absolute atomic E-state index is 0.294. The molecule has 0 radical (unpaired) electrons. The molecule has 2 aromatic rings. The zero-order valence-corrected chi connectivity index (χ0v) is 21.6. The van der Waals surface area contributed by atoms with Crippen molar-refractivity contribution in [2.75, 3.05) is 13.2 Å². The van der Waals surface area contributed by atoms with Crippen LogP contribution in [0.4, 0.5) is 4.79 Å². The van der Waals surface area contributed by atoms with Gasteiger partial charge in [0.25, 0.3) is 0 Å². The van der Waals surface area contributed by atoms with Gasteiger partial charge in [0.15, 0.2) is 5.82 Å². The van der Waals surface area contributed by atoms with Crippen molar-refractivity contribution in [3.05, 3.63) is 40.4 Å². The summed E-state index contributed by atoms with van der Waals surface area (Å²) in [4.78, 5) is 14.6. The molecule has 3 heterocycles. The number of carbonyl (C=O) groups is 1. The van der Waals surface area contributed by atoms with E-state index in [2.05, 4.69) is 14.8 Å². The average Bonchev–Trinajstić information content (AvgIpc) is 3.15. The second-order valence-electron chi connectivity index (χ2n) is 10.8. The molecule has 1 aliphatic carbocycles.